The maximum absolute atomic E-state index is 11.0. The summed E-state index contributed by atoms with van der Waals surface area (Å²) in [5.74, 6) is 0. The van der Waals surface area contributed by atoms with Crippen LogP contribution in [0.15, 0.2) is 30.3 Å². The monoisotopic (exact) mass is 261 g/mol. The summed E-state index contributed by atoms with van der Waals surface area (Å²) in [5, 5.41) is 0. The van der Waals surface area contributed by atoms with Gasteiger partial charge in [-0.1, -0.05) is 0 Å². The molecule has 0 heterocycles. The minimum atomic E-state index is -0.220. The fourth-order valence-corrected chi connectivity index (χ4v) is 1.64. The van der Waals surface area contributed by atoms with Crippen LogP contribution in [0.1, 0.15) is 5.56 Å². The van der Waals surface area contributed by atoms with Crippen molar-refractivity contribution in [2.75, 3.05) is 4.93 Å². The zero-order valence-corrected chi connectivity index (χ0v) is 8.54. The van der Waals surface area contributed by atoms with E-state index in [1.165, 1.54) is 0 Å². The Morgan fingerprint density at radius 2 is 2.00 bits per heavy atom. The van der Waals surface area contributed by atoms with Gasteiger partial charge in [0.1, 0.15) is 0 Å². The van der Waals surface area contributed by atoms with Crippen LogP contribution in [0.4, 0.5) is 0 Å². The third-order valence-corrected chi connectivity index (χ3v) is 2.98. The van der Waals surface area contributed by atoms with Gasteiger partial charge in [-0.2, -0.15) is 0 Å². The van der Waals surface area contributed by atoms with Gasteiger partial charge in [-0.25, -0.2) is 0 Å². The predicted octanol–water partition coefficient (Wildman–Crippen LogP) is -1.53. The van der Waals surface area contributed by atoms with E-state index >= 15 is 0 Å². The molecule has 0 atom stereocenters. The van der Waals surface area contributed by atoms with Gasteiger partial charge in [0.05, 0.1) is 0 Å². The van der Waals surface area contributed by atoms with Crippen molar-refractivity contribution in [3.8, 4) is 0 Å². The molecule has 0 aliphatic rings. The fourth-order valence-electron chi connectivity index (χ4n) is 0.823. The molecule has 0 unspecified atom stereocenters. The topological polar surface area (TPSA) is 17.1 Å². The zero-order chi connectivity index (χ0) is 8.10. The van der Waals surface area contributed by atoms with E-state index in [0.717, 1.165) is 5.56 Å². The molecular formula is C9H10IO-. The second-order valence-electron chi connectivity index (χ2n) is 2.21. The second-order valence-corrected chi connectivity index (χ2v) is 4.49. The van der Waals surface area contributed by atoms with E-state index in [0.29, 0.717) is 10.2 Å². The molecule has 0 spiro atoms. The Kier molecular flexibility index (Phi) is 3.56. The van der Waals surface area contributed by atoms with Crippen molar-refractivity contribution in [2.24, 2.45) is 0 Å². The first-order valence-electron chi connectivity index (χ1n) is 3.39. The molecule has 0 amide bonds. The van der Waals surface area contributed by atoms with Crippen LogP contribution in [0.2, 0.25) is 0 Å². The van der Waals surface area contributed by atoms with Crippen molar-refractivity contribution in [3.05, 3.63) is 35.9 Å². The van der Waals surface area contributed by atoms with Crippen LogP contribution < -0.4 is 21.2 Å². The van der Waals surface area contributed by atoms with Gasteiger partial charge in [0.2, 0.25) is 0 Å². The van der Waals surface area contributed by atoms with E-state index < -0.39 is 0 Å². The summed E-state index contributed by atoms with van der Waals surface area (Å²) in [6.07, 6.45) is 0.630. The fraction of sp³-hybridized carbons (Fsp3) is 0.222. The summed E-state index contributed by atoms with van der Waals surface area (Å²) in [4.78, 5) is 13.0. The summed E-state index contributed by atoms with van der Waals surface area (Å²) >= 11 is -0.220. The molecule has 0 aliphatic heterocycles. The van der Waals surface area contributed by atoms with Crippen molar-refractivity contribution < 1.29 is 26.0 Å². The third kappa shape index (κ3) is 3.01. The van der Waals surface area contributed by atoms with Crippen LogP contribution in [0.3, 0.4) is 0 Å². The number of halogens is 1. The molecule has 1 rings (SSSR count). The molecule has 0 saturated heterocycles. The number of rotatable bonds is 3. The van der Waals surface area contributed by atoms with Gasteiger partial charge in [0, 0.05) is 0 Å². The molecule has 0 saturated carbocycles. The van der Waals surface area contributed by atoms with Gasteiger partial charge < -0.3 is 0 Å². The van der Waals surface area contributed by atoms with E-state index in [1.807, 2.05) is 35.3 Å². The summed E-state index contributed by atoms with van der Waals surface area (Å²) in [6, 6.07) is 9.90. The first kappa shape index (κ1) is 8.71. The second kappa shape index (κ2) is 4.49. The third-order valence-electron chi connectivity index (χ3n) is 1.40. The molecule has 2 heteroatoms. The number of hydrogen-bond acceptors (Lipinski definition) is 1. The average molecular weight is 261 g/mol. The number of carbonyl (C=O) groups is 1. The molecule has 1 nitrogen and oxygen atoms in total. The Balaban J connectivity index is 2.58. The molecule has 11 heavy (non-hydrogen) atoms. The normalized spacial score (nSPS) is 9.91. The zero-order valence-electron chi connectivity index (χ0n) is 6.38. The van der Waals surface area contributed by atoms with E-state index in [-0.39, 0.29) is 21.2 Å². The molecule has 0 radical (unpaired) electrons. The van der Waals surface area contributed by atoms with Crippen molar-refractivity contribution >= 4 is 3.79 Å². The van der Waals surface area contributed by atoms with Gasteiger partial charge in [0.15, 0.2) is 0 Å². The van der Waals surface area contributed by atoms with Crippen LogP contribution in [0.25, 0.3) is 0 Å². The number of alkyl halides is 1. The summed E-state index contributed by atoms with van der Waals surface area (Å²) in [6.45, 7) is 0. The van der Waals surface area contributed by atoms with E-state index in [1.54, 1.807) is 0 Å². The van der Waals surface area contributed by atoms with Gasteiger partial charge >= 0.3 is 77.0 Å². The van der Waals surface area contributed by atoms with Gasteiger partial charge in [-0.3, -0.25) is 0 Å². The maximum atomic E-state index is 11.0. The van der Waals surface area contributed by atoms with Gasteiger partial charge in [-0.15, -0.1) is 0 Å². The number of benzene rings is 1. The Labute approximate surface area is 77.1 Å². The summed E-state index contributed by atoms with van der Waals surface area (Å²) in [5.41, 5.74) is 1.14. The van der Waals surface area contributed by atoms with Crippen LogP contribution >= 0.6 is 0 Å². The first-order chi connectivity index (χ1) is 5.33. The van der Waals surface area contributed by atoms with Gasteiger partial charge in [-0.05, 0) is 0 Å². The Morgan fingerprint density at radius 1 is 1.36 bits per heavy atom. The molecule has 0 aromatic heterocycles. The molecular weight excluding hydrogens is 251 g/mol. The van der Waals surface area contributed by atoms with E-state index in [4.69, 9.17) is 0 Å². The summed E-state index contributed by atoms with van der Waals surface area (Å²) < 4.78 is 0.412. The first-order valence-corrected chi connectivity index (χ1v) is 6.63. The Morgan fingerprint density at radius 3 is 2.55 bits per heavy atom. The van der Waals surface area contributed by atoms with E-state index in [9.17, 15) is 4.79 Å². The van der Waals surface area contributed by atoms with Crippen molar-refractivity contribution in [1.29, 1.82) is 0 Å². The minimum absolute atomic E-state index is 0.220. The van der Waals surface area contributed by atoms with Crippen LogP contribution in [-0.2, 0) is 11.2 Å². The van der Waals surface area contributed by atoms with Crippen LogP contribution in [0, 0.1) is 0 Å². The van der Waals surface area contributed by atoms with Crippen molar-refractivity contribution in [2.45, 2.75) is 6.42 Å². The number of carbonyl (C=O) groups excluding carboxylic acids is 1. The number of hydrogen-bond donors (Lipinski definition) is 0. The molecule has 1 aromatic rings. The van der Waals surface area contributed by atoms with Crippen molar-refractivity contribution in [1.82, 2.24) is 0 Å². The summed E-state index contributed by atoms with van der Waals surface area (Å²) in [7, 11) is 0. The van der Waals surface area contributed by atoms with E-state index in [2.05, 4.69) is 0 Å². The van der Waals surface area contributed by atoms with Gasteiger partial charge in [0.25, 0.3) is 0 Å². The average Bonchev–Trinajstić information content (AvgIpc) is 2.06. The standard InChI is InChI=1S/C9H10IO/c1-10-9(11)7-8-5-3-2-4-6-8/h2-6H,7H2,1H3/q-1. The molecule has 0 aliphatic carbocycles. The molecule has 0 N–H and O–H groups in total. The molecule has 0 bridgehead atoms. The quantitative estimate of drug-likeness (QED) is 0.367. The van der Waals surface area contributed by atoms with Crippen LogP contribution in [-0.4, -0.2) is 8.72 Å². The molecule has 60 valence electrons. The van der Waals surface area contributed by atoms with Crippen molar-refractivity contribution in [3.63, 3.8) is 0 Å². The molecule has 1 aromatic carbocycles. The predicted molar refractivity (Wildman–Crippen MR) is 41.1 cm³/mol. The SMILES string of the molecule is C[I-]C(=O)Cc1ccccc1. The van der Waals surface area contributed by atoms with Crippen LogP contribution in [0.5, 0.6) is 0 Å². The Bertz CT molecular complexity index is 231. The molecule has 0 fully saturated rings. The Hall–Kier alpha value is -0.380.